The van der Waals surface area contributed by atoms with Crippen molar-refractivity contribution in [2.75, 3.05) is 6.54 Å². The zero-order chi connectivity index (χ0) is 11.1. The molecule has 0 aliphatic rings. The third-order valence-corrected chi connectivity index (χ3v) is 1.94. The van der Waals surface area contributed by atoms with Crippen LogP contribution in [0.1, 0.15) is 11.3 Å². The van der Waals surface area contributed by atoms with Gasteiger partial charge < -0.3 is 4.42 Å². The fourth-order valence-corrected chi connectivity index (χ4v) is 1.21. The Labute approximate surface area is 94.6 Å². The molecule has 0 fully saturated rings. The molecule has 0 spiro atoms. The molecule has 0 N–H and O–H groups in total. The third-order valence-electron chi connectivity index (χ3n) is 1.94. The van der Waals surface area contributed by atoms with Gasteiger partial charge in [0.25, 0.3) is 0 Å². The molecule has 1 aromatic heterocycles. The van der Waals surface area contributed by atoms with Crippen LogP contribution in [0.5, 0.6) is 0 Å². The second-order valence-electron chi connectivity index (χ2n) is 3.16. The summed E-state index contributed by atoms with van der Waals surface area (Å²) in [7, 11) is 0. The molecule has 0 unspecified atom stereocenters. The molecule has 16 heavy (non-hydrogen) atoms. The van der Waals surface area contributed by atoms with Crippen LogP contribution in [0.2, 0.25) is 0 Å². The van der Waals surface area contributed by atoms with Gasteiger partial charge in [-0.1, -0.05) is 36.3 Å². The van der Waals surface area contributed by atoms with E-state index in [9.17, 15) is 0 Å². The lowest BCUT2D eigenvalue weighted by Crippen LogP contribution is -1.81. The lowest BCUT2D eigenvalue weighted by Gasteiger charge is -1.88. The maximum Gasteiger partial charge on any atom is 0.176 e. The second kappa shape index (κ2) is 5.57. The van der Waals surface area contributed by atoms with Crippen LogP contribution in [-0.4, -0.2) is 12.8 Å². The molecule has 78 valence electrons. The number of hydrogen-bond acceptors (Lipinski definition) is 2. The van der Waals surface area contributed by atoms with Crippen LogP contribution >= 0.6 is 0 Å². The largest absolute Gasteiger partial charge is 0.456 e. The molecule has 0 saturated heterocycles. The minimum atomic E-state index is 0.482. The standard InChI is InChI=1S/C14H11NO/c1-2-6-13(7-3-1)12-15-10-4-8-14-9-5-11-16-14/h1-3,5-7,9,11-12H,10H2/b15-12+. The Balaban J connectivity index is 1.87. The summed E-state index contributed by atoms with van der Waals surface area (Å²) >= 11 is 0. The zero-order valence-corrected chi connectivity index (χ0v) is 8.76. The second-order valence-corrected chi connectivity index (χ2v) is 3.16. The molecule has 2 rings (SSSR count). The number of nitrogens with zero attached hydrogens (tertiary/aromatic N) is 1. The Morgan fingerprint density at radius 1 is 1.12 bits per heavy atom. The Bertz CT molecular complexity index is 501. The van der Waals surface area contributed by atoms with Crippen LogP contribution in [-0.2, 0) is 0 Å². The van der Waals surface area contributed by atoms with E-state index in [0.29, 0.717) is 12.3 Å². The highest BCUT2D eigenvalue weighted by molar-refractivity contribution is 5.79. The monoisotopic (exact) mass is 209 g/mol. The molecule has 1 heterocycles. The van der Waals surface area contributed by atoms with Crippen molar-refractivity contribution in [1.82, 2.24) is 0 Å². The van der Waals surface area contributed by atoms with Crippen LogP contribution in [0.15, 0.2) is 58.1 Å². The first-order chi connectivity index (χ1) is 7.95. The molecule has 0 aliphatic carbocycles. The molecule has 0 amide bonds. The summed E-state index contributed by atoms with van der Waals surface area (Å²) in [5.41, 5.74) is 1.09. The first-order valence-corrected chi connectivity index (χ1v) is 5.02. The number of furan rings is 1. The van der Waals surface area contributed by atoms with E-state index in [1.165, 1.54) is 0 Å². The summed E-state index contributed by atoms with van der Waals surface area (Å²) in [4.78, 5) is 4.20. The average molecular weight is 209 g/mol. The number of aliphatic imine (C=N–C) groups is 1. The van der Waals surface area contributed by atoms with Crippen molar-refractivity contribution in [1.29, 1.82) is 0 Å². The van der Waals surface area contributed by atoms with E-state index in [0.717, 1.165) is 5.56 Å². The highest BCUT2D eigenvalue weighted by Crippen LogP contribution is 1.96. The van der Waals surface area contributed by atoms with Crippen molar-refractivity contribution < 1.29 is 4.42 Å². The Hall–Kier alpha value is -2.27. The Morgan fingerprint density at radius 3 is 2.75 bits per heavy atom. The summed E-state index contributed by atoms with van der Waals surface area (Å²) in [5.74, 6) is 6.47. The Kier molecular flexibility index (Phi) is 3.57. The van der Waals surface area contributed by atoms with Gasteiger partial charge in [-0.05, 0) is 23.6 Å². The van der Waals surface area contributed by atoms with E-state index < -0.39 is 0 Å². The van der Waals surface area contributed by atoms with Crippen LogP contribution in [0.4, 0.5) is 0 Å². The summed E-state index contributed by atoms with van der Waals surface area (Å²) in [6.07, 6.45) is 3.42. The van der Waals surface area contributed by atoms with E-state index in [4.69, 9.17) is 4.42 Å². The summed E-state index contributed by atoms with van der Waals surface area (Å²) in [6, 6.07) is 13.6. The van der Waals surface area contributed by atoms with Crippen molar-refractivity contribution in [2.24, 2.45) is 4.99 Å². The molecule has 1 aromatic carbocycles. The van der Waals surface area contributed by atoms with Gasteiger partial charge in [0.2, 0.25) is 0 Å². The van der Waals surface area contributed by atoms with Crippen molar-refractivity contribution >= 4 is 6.21 Å². The van der Waals surface area contributed by atoms with E-state index >= 15 is 0 Å². The first-order valence-electron chi connectivity index (χ1n) is 5.02. The van der Waals surface area contributed by atoms with Gasteiger partial charge in [-0.2, -0.15) is 0 Å². The highest BCUT2D eigenvalue weighted by Gasteiger charge is 1.84. The van der Waals surface area contributed by atoms with Crippen molar-refractivity contribution in [2.45, 2.75) is 0 Å². The molecule has 0 saturated carbocycles. The quantitative estimate of drug-likeness (QED) is 0.551. The van der Waals surface area contributed by atoms with E-state index in [1.807, 2.05) is 48.7 Å². The van der Waals surface area contributed by atoms with Gasteiger partial charge in [0, 0.05) is 6.21 Å². The number of benzene rings is 1. The topological polar surface area (TPSA) is 25.5 Å². The molecule has 0 radical (unpaired) electrons. The predicted octanol–water partition coefficient (Wildman–Crippen LogP) is 2.75. The lowest BCUT2D eigenvalue weighted by atomic mass is 10.2. The molecule has 0 aliphatic heterocycles. The van der Waals surface area contributed by atoms with E-state index in [-0.39, 0.29) is 0 Å². The van der Waals surface area contributed by atoms with Gasteiger partial charge >= 0.3 is 0 Å². The fourth-order valence-electron chi connectivity index (χ4n) is 1.21. The molecule has 2 nitrogen and oxygen atoms in total. The Morgan fingerprint density at radius 2 is 2.00 bits per heavy atom. The smallest absolute Gasteiger partial charge is 0.176 e. The maximum absolute atomic E-state index is 5.07. The first kappa shape index (κ1) is 10.3. The van der Waals surface area contributed by atoms with Gasteiger partial charge in [0.05, 0.1) is 6.26 Å². The average Bonchev–Trinajstić information content (AvgIpc) is 2.83. The van der Waals surface area contributed by atoms with Gasteiger partial charge in [-0.15, -0.1) is 0 Å². The lowest BCUT2D eigenvalue weighted by molar-refractivity contribution is 0.554. The minimum Gasteiger partial charge on any atom is -0.456 e. The normalized spacial score (nSPS) is 10.0. The van der Waals surface area contributed by atoms with Crippen LogP contribution < -0.4 is 0 Å². The molecule has 2 aromatic rings. The molecule has 0 atom stereocenters. The molecule has 0 bridgehead atoms. The predicted molar refractivity (Wildman–Crippen MR) is 64.5 cm³/mol. The van der Waals surface area contributed by atoms with E-state index in [1.54, 1.807) is 6.26 Å². The molecular weight excluding hydrogens is 198 g/mol. The number of hydrogen-bond donors (Lipinski definition) is 0. The van der Waals surface area contributed by atoms with Gasteiger partial charge in [0.1, 0.15) is 6.54 Å². The zero-order valence-electron chi connectivity index (χ0n) is 8.76. The number of rotatable bonds is 2. The van der Waals surface area contributed by atoms with Crippen LogP contribution in [0.3, 0.4) is 0 Å². The highest BCUT2D eigenvalue weighted by atomic mass is 16.3. The summed E-state index contributed by atoms with van der Waals surface area (Å²) in [6.45, 7) is 0.482. The van der Waals surface area contributed by atoms with Crippen LogP contribution in [0, 0.1) is 11.8 Å². The summed E-state index contributed by atoms with van der Waals surface area (Å²) in [5, 5.41) is 0. The van der Waals surface area contributed by atoms with Crippen molar-refractivity contribution in [3.8, 4) is 11.8 Å². The summed E-state index contributed by atoms with van der Waals surface area (Å²) < 4.78 is 5.07. The molecular formula is C14H11NO. The fraction of sp³-hybridized carbons (Fsp3) is 0.0714. The SMILES string of the molecule is C(#Cc1ccco1)C/N=C/c1ccccc1. The maximum atomic E-state index is 5.07. The minimum absolute atomic E-state index is 0.482. The van der Waals surface area contributed by atoms with E-state index in [2.05, 4.69) is 16.8 Å². The van der Waals surface area contributed by atoms with Crippen molar-refractivity contribution in [3.63, 3.8) is 0 Å². The molecule has 2 heteroatoms. The van der Waals surface area contributed by atoms with Crippen LogP contribution in [0.25, 0.3) is 0 Å². The third kappa shape index (κ3) is 3.14. The van der Waals surface area contributed by atoms with Crippen molar-refractivity contribution in [3.05, 3.63) is 60.1 Å². The van der Waals surface area contributed by atoms with Gasteiger partial charge in [-0.25, -0.2) is 0 Å². The van der Waals surface area contributed by atoms with Gasteiger partial charge in [0.15, 0.2) is 5.76 Å². The van der Waals surface area contributed by atoms with Gasteiger partial charge in [-0.3, -0.25) is 4.99 Å².